The van der Waals surface area contributed by atoms with Crippen molar-refractivity contribution in [3.8, 4) is 10.6 Å². The topological polar surface area (TPSA) is 51.8 Å². The summed E-state index contributed by atoms with van der Waals surface area (Å²) in [6.07, 6.45) is 3.80. The van der Waals surface area contributed by atoms with Crippen LogP contribution in [0.3, 0.4) is 0 Å². The van der Waals surface area contributed by atoms with Gasteiger partial charge in [0.1, 0.15) is 5.82 Å². The van der Waals surface area contributed by atoms with E-state index in [1.165, 1.54) is 4.88 Å². The fourth-order valence-corrected chi connectivity index (χ4v) is 2.21. The Balaban J connectivity index is 2.04. The van der Waals surface area contributed by atoms with Crippen LogP contribution in [-0.2, 0) is 5.54 Å². The molecule has 0 bridgehead atoms. The first-order valence-corrected chi connectivity index (χ1v) is 5.82. The fourth-order valence-electron chi connectivity index (χ4n) is 1.52. The Morgan fingerprint density at radius 2 is 2.20 bits per heavy atom. The number of thiophene rings is 1. The molecule has 76 valence electrons. The molecule has 2 aromatic rings. The standard InChI is InChI=1S/C11H11N3S/c12-11(4-5-11)10-13-6-3-8(14-10)9-2-1-7-15-9/h1-3,6-7H,4-5,12H2. The van der Waals surface area contributed by atoms with Crippen molar-refractivity contribution in [2.24, 2.45) is 5.73 Å². The number of hydrogen-bond donors (Lipinski definition) is 1. The van der Waals surface area contributed by atoms with Gasteiger partial charge < -0.3 is 5.73 Å². The third-order valence-corrected chi connectivity index (χ3v) is 3.56. The Morgan fingerprint density at radius 1 is 1.33 bits per heavy atom. The Labute approximate surface area is 92.0 Å². The summed E-state index contributed by atoms with van der Waals surface area (Å²) in [7, 11) is 0. The van der Waals surface area contributed by atoms with Crippen LogP contribution in [0, 0.1) is 0 Å². The maximum Gasteiger partial charge on any atom is 0.148 e. The highest BCUT2D eigenvalue weighted by Gasteiger charge is 2.43. The summed E-state index contributed by atoms with van der Waals surface area (Å²) in [5.74, 6) is 0.786. The van der Waals surface area contributed by atoms with Crippen LogP contribution in [-0.4, -0.2) is 9.97 Å². The van der Waals surface area contributed by atoms with Gasteiger partial charge in [0.05, 0.1) is 16.1 Å². The zero-order valence-corrected chi connectivity index (χ0v) is 9.00. The third-order valence-electron chi connectivity index (χ3n) is 2.66. The summed E-state index contributed by atoms with van der Waals surface area (Å²) in [6, 6.07) is 6.02. The van der Waals surface area contributed by atoms with Crippen molar-refractivity contribution in [1.29, 1.82) is 0 Å². The third kappa shape index (κ3) is 1.56. The summed E-state index contributed by atoms with van der Waals surface area (Å²) < 4.78 is 0. The normalized spacial score (nSPS) is 17.7. The Hall–Kier alpha value is -1.26. The van der Waals surface area contributed by atoms with E-state index < -0.39 is 0 Å². The molecule has 0 amide bonds. The molecule has 15 heavy (non-hydrogen) atoms. The van der Waals surface area contributed by atoms with Gasteiger partial charge in [-0.2, -0.15) is 0 Å². The van der Waals surface area contributed by atoms with E-state index >= 15 is 0 Å². The Morgan fingerprint density at radius 3 is 2.87 bits per heavy atom. The van der Waals surface area contributed by atoms with Gasteiger partial charge in [0.15, 0.2) is 0 Å². The van der Waals surface area contributed by atoms with Crippen LogP contribution in [0.5, 0.6) is 0 Å². The van der Waals surface area contributed by atoms with Crippen LogP contribution in [0.1, 0.15) is 18.7 Å². The molecule has 0 atom stereocenters. The molecular weight excluding hydrogens is 206 g/mol. The zero-order chi connectivity index (χ0) is 10.3. The largest absolute Gasteiger partial charge is 0.319 e. The predicted octanol–water partition coefficient (Wildman–Crippen LogP) is 2.15. The number of rotatable bonds is 2. The Kier molecular flexibility index (Phi) is 1.87. The summed E-state index contributed by atoms with van der Waals surface area (Å²) in [4.78, 5) is 9.94. The molecule has 0 aromatic carbocycles. The van der Waals surface area contributed by atoms with E-state index in [-0.39, 0.29) is 5.54 Å². The van der Waals surface area contributed by atoms with Crippen molar-refractivity contribution >= 4 is 11.3 Å². The number of hydrogen-bond acceptors (Lipinski definition) is 4. The van der Waals surface area contributed by atoms with E-state index in [0.717, 1.165) is 24.4 Å². The van der Waals surface area contributed by atoms with E-state index in [0.29, 0.717) is 0 Å². The first kappa shape index (κ1) is 9.00. The molecule has 0 radical (unpaired) electrons. The quantitative estimate of drug-likeness (QED) is 0.838. The average Bonchev–Trinajstić information content (AvgIpc) is 2.84. The summed E-state index contributed by atoms with van der Waals surface area (Å²) in [6.45, 7) is 0. The Bertz CT molecular complexity index is 474. The lowest BCUT2D eigenvalue weighted by Crippen LogP contribution is -2.22. The van der Waals surface area contributed by atoms with Gasteiger partial charge >= 0.3 is 0 Å². The predicted molar refractivity (Wildman–Crippen MR) is 60.4 cm³/mol. The van der Waals surface area contributed by atoms with E-state index in [4.69, 9.17) is 5.73 Å². The number of nitrogens with zero attached hydrogens (tertiary/aromatic N) is 2. The molecular formula is C11H11N3S. The van der Waals surface area contributed by atoms with Gasteiger partial charge in [-0.15, -0.1) is 11.3 Å². The minimum absolute atomic E-state index is 0.243. The molecule has 2 aromatic heterocycles. The van der Waals surface area contributed by atoms with E-state index in [9.17, 15) is 0 Å². The summed E-state index contributed by atoms with van der Waals surface area (Å²) >= 11 is 1.68. The van der Waals surface area contributed by atoms with Crippen molar-refractivity contribution < 1.29 is 0 Å². The average molecular weight is 217 g/mol. The van der Waals surface area contributed by atoms with Crippen LogP contribution < -0.4 is 5.73 Å². The minimum atomic E-state index is -0.243. The SMILES string of the molecule is NC1(c2nccc(-c3cccs3)n2)CC1. The lowest BCUT2D eigenvalue weighted by Gasteiger charge is -2.07. The van der Waals surface area contributed by atoms with E-state index in [2.05, 4.69) is 16.0 Å². The summed E-state index contributed by atoms with van der Waals surface area (Å²) in [5.41, 5.74) is 6.80. The maximum absolute atomic E-state index is 6.07. The highest BCUT2D eigenvalue weighted by molar-refractivity contribution is 7.13. The lowest BCUT2D eigenvalue weighted by atomic mass is 10.2. The van der Waals surface area contributed by atoms with Crippen molar-refractivity contribution in [3.05, 3.63) is 35.6 Å². The second-order valence-corrected chi connectivity index (χ2v) is 4.85. The van der Waals surface area contributed by atoms with Gasteiger partial charge in [0.25, 0.3) is 0 Å². The van der Waals surface area contributed by atoms with Crippen LogP contribution >= 0.6 is 11.3 Å². The molecule has 1 aliphatic rings. The number of nitrogens with two attached hydrogens (primary N) is 1. The molecule has 0 unspecified atom stereocenters. The van der Waals surface area contributed by atoms with E-state index in [1.54, 1.807) is 17.5 Å². The van der Waals surface area contributed by atoms with Gasteiger partial charge in [-0.05, 0) is 30.4 Å². The van der Waals surface area contributed by atoms with Crippen molar-refractivity contribution in [1.82, 2.24) is 9.97 Å². The monoisotopic (exact) mass is 217 g/mol. The molecule has 4 heteroatoms. The smallest absolute Gasteiger partial charge is 0.148 e. The van der Waals surface area contributed by atoms with Crippen LogP contribution in [0.25, 0.3) is 10.6 Å². The molecule has 0 saturated heterocycles. The molecule has 1 aliphatic carbocycles. The molecule has 0 spiro atoms. The highest BCUT2D eigenvalue weighted by Crippen LogP contribution is 2.41. The van der Waals surface area contributed by atoms with E-state index in [1.807, 2.05) is 17.5 Å². The maximum atomic E-state index is 6.07. The van der Waals surface area contributed by atoms with Gasteiger partial charge in [0, 0.05) is 6.20 Å². The molecule has 1 fully saturated rings. The fraction of sp³-hybridized carbons (Fsp3) is 0.273. The van der Waals surface area contributed by atoms with Crippen LogP contribution in [0.15, 0.2) is 29.8 Å². The van der Waals surface area contributed by atoms with Crippen molar-refractivity contribution in [2.45, 2.75) is 18.4 Å². The minimum Gasteiger partial charge on any atom is -0.319 e. The molecule has 3 nitrogen and oxygen atoms in total. The molecule has 2 N–H and O–H groups in total. The lowest BCUT2D eigenvalue weighted by molar-refractivity contribution is 0.673. The number of aromatic nitrogens is 2. The van der Waals surface area contributed by atoms with Gasteiger partial charge in [0.2, 0.25) is 0 Å². The second-order valence-electron chi connectivity index (χ2n) is 3.90. The molecule has 2 heterocycles. The van der Waals surface area contributed by atoms with Crippen LogP contribution in [0.4, 0.5) is 0 Å². The molecule has 0 aliphatic heterocycles. The first-order valence-electron chi connectivity index (χ1n) is 4.94. The first-order chi connectivity index (χ1) is 7.28. The molecule has 1 saturated carbocycles. The highest BCUT2D eigenvalue weighted by atomic mass is 32.1. The van der Waals surface area contributed by atoms with Gasteiger partial charge in [-0.3, -0.25) is 0 Å². The van der Waals surface area contributed by atoms with Gasteiger partial charge in [-0.1, -0.05) is 6.07 Å². The van der Waals surface area contributed by atoms with Gasteiger partial charge in [-0.25, -0.2) is 9.97 Å². The molecule has 3 rings (SSSR count). The zero-order valence-electron chi connectivity index (χ0n) is 8.18. The summed E-state index contributed by atoms with van der Waals surface area (Å²) in [5, 5.41) is 2.05. The second kappa shape index (κ2) is 3.12. The van der Waals surface area contributed by atoms with Crippen molar-refractivity contribution in [3.63, 3.8) is 0 Å². The van der Waals surface area contributed by atoms with Crippen molar-refractivity contribution in [2.75, 3.05) is 0 Å². The van der Waals surface area contributed by atoms with Crippen LogP contribution in [0.2, 0.25) is 0 Å².